The van der Waals surface area contributed by atoms with E-state index in [2.05, 4.69) is 20.6 Å². The van der Waals surface area contributed by atoms with Crippen LogP contribution in [0.4, 0.5) is 17.3 Å². The molecule has 0 saturated carbocycles. The van der Waals surface area contributed by atoms with Gasteiger partial charge in [-0.2, -0.15) is 0 Å². The molecule has 0 saturated heterocycles. The molecule has 0 spiro atoms. The Morgan fingerprint density at radius 3 is 2.65 bits per heavy atom. The Hall–Kier alpha value is -1.46. The van der Waals surface area contributed by atoms with Gasteiger partial charge in [-0.15, -0.1) is 0 Å². The second-order valence-electron chi connectivity index (χ2n) is 4.24. The van der Waals surface area contributed by atoms with Crippen LogP contribution >= 0.6 is 23.4 Å². The largest absolute Gasteiger partial charge is 0.370 e. The van der Waals surface area contributed by atoms with E-state index >= 15 is 0 Å². The zero-order valence-electron chi connectivity index (χ0n) is 11.7. The maximum Gasteiger partial charge on any atom is 0.191 e. The van der Waals surface area contributed by atoms with Crippen LogP contribution in [0.2, 0.25) is 5.02 Å². The fraction of sp³-hybridized carbons (Fsp3) is 0.286. The summed E-state index contributed by atoms with van der Waals surface area (Å²) in [6.07, 6.45) is 1.96. The molecule has 2 N–H and O–H groups in total. The van der Waals surface area contributed by atoms with Gasteiger partial charge < -0.3 is 10.6 Å². The molecule has 0 aliphatic heterocycles. The summed E-state index contributed by atoms with van der Waals surface area (Å²) < 4.78 is 0. The normalized spacial score (nSPS) is 10.4. The van der Waals surface area contributed by atoms with Gasteiger partial charge in [-0.25, -0.2) is 9.97 Å². The van der Waals surface area contributed by atoms with E-state index in [4.69, 9.17) is 11.6 Å². The lowest BCUT2D eigenvalue weighted by molar-refractivity contribution is 0.967. The van der Waals surface area contributed by atoms with Gasteiger partial charge in [0.1, 0.15) is 11.6 Å². The monoisotopic (exact) mass is 308 g/mol. The molecule has 0 unspecified atom stereocenters. The minimum atomic E-state index is 0.698. The second kappa shape index (κ2) is 6.81. The first-order chi connectivity index (χ1) is 9.62. The fourth-order valence-corrected chi connectivity index (χ4v) is 2.27. The Morgan fingerprint density at radius 1 is 1.20 bits per heavy atom. The van der Waals surface area contributed by atoms with Crippen molar-refractivity contribution in [1.29, 1.82) is 0 Å². The molecule has 1 aromatic carbocycles. The molecule has 106 valence electrons. The van der Waals surface area contributed by atoms with Crippen molar-refractivity contribution < 1.29 is 0 Å². The van der Waals surface area contributed by atoms with Crippen LogP contribution in [0.5, 0.6) is 0 Å². The molecule has 2 aromatic rings. The predicted octanol–water partition coefficient (Wildman–Crippen LogP) is 4.34. The third-order valence-corrected chi connectivity index (χ3v) is 3.49. The van der Waals surface area contributed by atoms with Crippen LogP contribution in [0.3, 0.4) is 0 Å². The topological polar surface area (TPSA) is 49.8 Å². The highest BCUT2D eigenvalue weighted by Crippen LogP contribution is 2.25. The number of nitrogens with one attached hydrogen (secondary N) is 2. The first-order valence-electron chi connectivity index (χ1n) is 6.32. The number of halogens is 1. The zero-order chi connectivity index (χ0) is 14.5. The Morgan fingerprint density at radius 2 is 1.95 bits per heavy atom. The lowest BCUT2D eigenvalue weighted by Gasteiger charge is -2.11. The van der Waals surface area contributed by atoms with Gasteiger partial charge in [0.05, 0.1) is 0 Å². The Kier molecular flexibility index (Phi) is 5.09. The maximum atomic E-state index is 6.03. The molecular formula is C14H17ClN4S. The predicted molar refractivity (Wildman–Crippen MR) is 87.4 cm³/mol. The van der Waals surface area contributed by atoms with Gasteiger partial charge in [0.15, 0.2) is 5.16 Å². The summed E-state index contributed by atoms with van der Waals surface area (Å²) in [6, 6.07) is 7.64. The number of hydrogen-bond acceptors (Lipinski definition) is 5. The van der Waals surface area contributed by atoms with Crippen LogP contribution < -0.4 is 10.6 Å². The summed E-state index contributed by atoms with van der Waals surface area (Å²) in [6.45, 7) is 4.89. The number of nitrogens with zero attached hydrogens (tertiary/aromatic N) is 2. The highest BCUT2D eigenvalue weighted by Gasteiger charge is 2.06. The van der Waals surface area contributed by atoms with Crippen LogP contribution in [-0.4, -0.2) is 22.8 Å². The zero-order valence-corrected chi connectivity index (χ0v) is 13.3. The van der Waals surface area contributed by atoms with Crippen molar-refractivity contribution in [1.82, 2.24) is 9.97 Å². The quantitative estimate of drug-likeness (QED) is 0.636. The van der Waals surface area contributed by atoms with Crippen molar-refractivity contribution >= 4 is 40.7 Å². The van der Waals surface area contributed by atoms with E-state index in [1.807, 2.05) is 44.4 Å². The van der Waals surface area contributed by atoms with Crippen LogP contribution in [0.15, 0.2) is 29.4 Å². The van der Waals surface area contributed by atoms with Gasteiger partial charge in [0.25, 0.3) is 0 Å². The second-order valence-corrected chi connectivity index (χ2v) is 5.45. The standard InChI is InChI=1S/C14H17ClN4S/c1-4-16-12-8-13(19-14(18-12)20-3)17-11-7-10(15)6-5-9(11)2/h5-8H,4H2,1-3H3,(H2,16,17,18,19). The number of hydrogen-bond donors (Lipinski definition) is 2. The molecule has 20 heavy (non-hydrogen) atoms. The summed E-state index contributed by atoms with van der Waals surface area (Å²) in [7, 11) is 0. The van der Waals surface area contributed by atoms with Gasteiger partial charge >= 0.3 is 0 Å². The van der Waals surface area contributed by atoms with Gasteiger partial charge in [-0.3, -0.25) is 0 Å². The number of thioether (sulfide) groups is 1. The van der Waals surface area contributed by atoms with Crippen molar-refractivity contribution in [2.75, 3.05) is 23.4 Å². The molecule has 0 amide bonds. The molecule has 1 aromatic heterocycles. The van der Waals surface area contributed by atoms with Crippen molar-refractivity contribution in [3.05, 3.63) is 34.9 Å². The van der Waals surface area contributed by atoms with Crippen molar-refractivity contribution in [2.45, 2.75) is 19.0 Å². The highest BCUT2D eigenvalue weighted by molar-refractivity contribution is 7.98. The van der Waals surface area contributed by atoms with E-state index in [0.717, 1.165) is 34.6 Å². The first kappa shape index (κ1) is 14.9. The van der Waals surface area contributed by atoms with E-state index in [1.54, 1.807) is 0 Å². The maximum absolute atomic E-state index is 6.03. The molecule has 1 heterocycles. The van der Waals surface area contributed by atoms with E-state index in [-0.39, 0.29) is 0 Å². The summed E-state index contributed by atoms with van der Waals surface area (Å²) in [5, 5.41) is 7.93. The lowest BCUT2D eigenvalue weighted by Crippen LogP contribution is -2.04. The van der Waals surface area contributed by atoms with Gasteiger partial charge in [0.2, 0.25) is 0 Å². The minimum Gasteiger partial charge on any atom is -0.370 e. The molecule has 0 aliphatic carbocycles. The Labute approximate surface area is 128 Å². The highest BCUT2D eigenvalue weighted by atomic mass is 35.5. The summed E-state index contributed by atoms with van der Waals surface area (Å²) in [4.78, 5) is 8.86. The molecule has 0 aliphatic rings. The van der Waals surface area contributed by atoms with Crippen LogP contribution in [0.25, 0.3) is 0 Å². The van der Waals surface area contributed by atoms with Crippen LogP contribution in [0.1, 0.15) is 12.5 Å². The number of anilines is 3. The SMILES string of the molecule is CCNc1cc(Nc2cc(Cl)ccc2C)nc(SC)n1. The summed E-state index contributed by atoms with van der Waals surface area (Å²) >= 11 is 7.55. The number of benzene rings is 1. The van der Waals surface area contributed by atoms with E-state index in [0.29, 0.717) is 5.02 Å². The average Bonchev–Trinajstić information content (AvgIpc) is 2.43. The molecule has 0 bridgehead atoms. The average molecular weight is 309 g/mol. The first-order valence-corrected chi connectivity index (χ1v) is 7.92. The third kappa shape index (κ3) is 3.77. The fourth-order valence-electron chi connectivity index (χ4n) is 1.72. The molecule has 2 rings (SSSR count). The minimum absolute atomic E-state index is 0.698. The third-order valence-electron chi connectivity index (χ3n) is 2.71. The molecule has 0 radical (unpaired) electrons. The van der Waals surface area contributed by atoms with Gasteiger partial charge in [-0.05, 0) is 37.8 Å². The Bertz CT molecular complexity index is 604. The van der Waals surface area contributed by atoms with Crippen molar-refractivity contribution in [3.8, 4) is 0 Å². The smallest absolute Gasteiger partial charge is 0.191 e. The van der Waals surface area contributed by atoms with E-state index in [1.165, 1.54) is 11.8 Å². The van der Waals surface area contributed by atoms with Crippen molar-refractivity contribution in [3.63, 3.8) is 0 Å². The number of aromatic nitrogens is 2. The molecular weight excluding hydrogens is 292 g/mol. The lowest BCUT2D eigenvalue weighted by atomic mass is 10.2. The molecule has 6 heteroatoms. The van der Waals surface area contributed by atoms with E-state index < -0.39 is 0 Å². The summed E-state index contributed by atoms with van der Waals surface area (Å²) in [5.74, 6) is 1.57. The number of rotatable bonds is 5. The van der Waals surface area contributed by atoms with E-state index in [9.17, 15) is 0 Å². The number of aryl methyl sites for hydroxylation is 1. The van der Waals surface area contributed by atoms with Crippen LogP contribution in [-0.2, 0) is 0 Å². The Balaban J connectivity index is 2.32. The van der Waals surface area contributed by atoms with Gasteiger partial charge in [-0.1, -0.05) is 29.4 Å². The van der Waals surface area contributed by atoms with Crippen molar-refractivity contribution in [2.24, 2.45) is 0 Å². The van der Waals surface area contributed by atoms with Gasteiger partial charge in [0, 0.05) is 23.3 Å². The van der Waals surface area contributed by atoms with Crippen LogP contribution in [0, 0.1) is 6.92 Å². The molecule has 4 nitrogen and oxygen atoms in total. The molecule has 0 fully saturated rings. The summed E-state index contributed by atoms with van der Waals surface area (Å²) in [5.41, 5.74) is 2.06. The molecule has 0 atom stereocenters.